The van der Waals surface area contributed by atoms with Gasteiger partial charge in [0.05, 0.1) is 0 Å². The van der Waals surface area contributed by atoms with Gasteiger partial charge >= 0.3 is 0 Å². The van der Waals surface area contributed by atoms with E-state index in [4.69, 9.17) is 23.2 Å². The number of thioether (sulfide) groups is 1. The van der Waals surface area contributed by atoms with Gasteiger partial charge in [-0.15, -0.1) is 0 Å². The van der Waals surface area contributed by atoms with Crippen LogP contribution in [0.2, 0.25) is 10.3 Å². The molecule has 0 atom stereocenters. The summed E-state index contributed by atoms with van der Waals surface area (Å²) in [6.45, 7) is 0. The summed E-state index contributed by atoms with van der Waals surface area (Å²) < 4.78 is 1.53. The van der Waals surface area contributed by atoms with Gasteiger partial charge in [-0.25, -0.2) is 4.68 Å². The topological polar surface area (TPSA) is 56.5 Å². The maximum atomic E-state index is 6.13. The first-order valence-corrected chi connectivity index (χ1v) is 7.74. The summed E-state index contributed by atoms with van der Waals surface area (Å²) >= 11 is 13.5. The van der Waals surface area contributed by atoms with Gasteiger partial charge in [0.2, 0.25) is 5.28 Å². The fourth-order valence-electron chi connectivity index (χ4n) is 1.63. The van der Waals surface area contributed by atoms with E-state index in [9.17, 15) is 0 Å². The molecule has 0 radical (unpaired) electrons. The first kappa shape index (κ1) is 14.3. The van der Waals surface area contributed by atoms with Crippen molar-refractivity contribution in [3.63, 3.8) is 0 Å². The van der Waals surface area contributed by atoms with E-state index >= 15 is 0 Å². The molecule has 0 fully saturated rings. The van der Waals surface area contributed by atoms with Crippen LogP contribution >= 0.6 is 35.0 Å². The molecule has 0 spiro atoms. The molecule has 3 rings (SSSR count). The van der Waals surface area contributed by atoms with Gasteiger partial charge in [-0.05, 0) is 29.3 Å². The van der Waals surface area contributed by atoms with Gasteiger partial charge in [-0.1, -0.05) is 41.6 Å². The Labute approximate surface area is 135 Å². The van der Waals surface area contributed by atoms with Crippen molar-refractivity contribution in [2.75, 3.05) is 0 Å². The summed E-state index contributed by atoms with van der Waals surface area (Å²) in [5.41, 5.74) is 1.02. The maximum absolute atomic E-state index is 6.13. The van der Waals surface area contributed by atoms with Crippen molar-refractivity contribution < 1.29 is 0 Å². The number of halogens is 2. The number of rotatable bonds is 4. The monoisotopic (exact) mass is 337 g/mol. The molecule has 3 aromatic rings. The van der Waals surface area contributed by atoms with Gasteiger partial charge in [0, 0.05) is 23.2 Å². The summed E-state index contributed by atoms with van der Waals surface area (Å²) in [6.07, 6.45) is 3.39. The molecule has 2 heterocycles. The summed E-state index contributed by atoms with van der Waals surface area (Å²) in [6, 6.07) is 9.44. The molecule has 0 aliphatic heterocycles. The molecule has 0 aliphatic carbocycles. The standard InChI is InChI=1S/C13H9Cl2N5S/c14-10-5-2-1-4-9(10)8-21-13-18-11(15)17-12(19-13)20-7-3-6-16-20/h1-7H,8H2. The van der Waals surface area contributed by atoms with Gasteiger partial charge in [-0.3, -0.25) is 0 Å². The Bertz CT molecular complexity index is 748. The zero-order valence-electron chi connectivity index (χ0n) is 10.6. The first-order valence-electron chi connectivity index (χ1n) is 6.00. The predicted molar refractivity (Wildman–Crippen MR) is 83.0 cm³/mol. The van der Waals surface area contributed by atoms with Crippen molar-refractivity contribution in [2.24, 2.45) is 0 Å². The second-order valence-electron chi connectivity index (χ2n) is 4.02. The summed E-state index contributed by atoms with van der Waals surface area (Å²) in [4.78, 5) is 12.5. The third-order valence-electron chi connectivity index (χ3n) is 2.60. The summed E-state index contributed by atoms with van der Waals surface area (Å²) in [5.74, 6) is 1.04. The van der Waals surface area contributed by atoms with Gasteiger partial charge in [0.1, 0.15) is 0 Å². The minimum Gasteiger partial charge on any atom is -0.206 e. The fourth-order valence-corrected chi connectivity index (χ4v) is 2.95. The van der Waals surface area contributed by atoms with E-state index in [0.717, 1.165) is 10.6 Å². The molecule has 5 nitrogen and oxygen atoms in total. The summed E-state index contributed by atoms with van der Waals surface area (Å²) in [7, 11) is 0. The lowest BCUT2D eigenvalue weighted by molar-refractivity contribution is 0.758. The lowest BCUT2D eigenvalue weighted by Crippen LogP contribution is -2.04. The van der Waals surface area contributed by atoms with E-state index < -0.39 is 0 Å². The molecule has 0 bridgehead atoms. The highest BCUT2D eigenvalue weighted by molar-refractivity contribution is 7.98. The molecule has 0 unspecified atom stereocenters. The van der Waals surface area contributed by atoms with Crippen molar-refractivity contribution in [1.29, 1.82) is 0 Å². The van der Waals surface area contributed by atoms with E-state index in [1.165, 1.54) is 16.4 Å². The minimum absolute atomic E-state index is 0.136. The second kappa shape index (κ2) is 6.43. The van der Waals surface area contributed by atoms with Crippen LogP contribution in [-0.2, 0) is 5.75 Å². The van der Waals surface area contributed by atoms with Crippen molar-refractivity contribution in [1.82, 2.24) is 24.7 Å². The number of hydrogen-bond acceptors (Lipinski definition) is 5. The Kier molecular flexibility index (Phi) is 4.38. The lowest BCUT2D eigenvalue weighted by atomic mass is 10.2. The number of aromatic nitrogens is 5. The highest BCUT2D eigenvalue weighted by Crippen LogP contribution is 2.25. The van der Waals surface area contributed by atoms with Crippen LogP contribution in [0.1, 0.15) is 5.56 Å². The van der Waals surface area contributed by atoms with Crippen LogP contribution in [0, 0.1) is 0 Å². The van der Waals surface area contributed by atoms with E-state index in [1.807, 2.05) is 24.3 Å². The van der Waals surface area contributed by atoms with Crippen molar-refractivity contribution in [3.05, 3.63) is 58.6 Å². The van der Waals surface area contributed by atoms with Crippen molar-refractivity contribution in [3.8, 4) is 5.95 Å². The Morgan fingerprint density at radius 3 is 2.67 bits per heavy atom. The molecular weight excluding hydrogens is 329 g/mol. The van der Waals surface area contributed by atoms with Gasteiger partial charge in [0.15, 0.2) is 5.16 Å². The van der Waals surface area contributed by atoms with Crippen LogP contribution in [0.25, 0.3) is 5.95 Å². The zero-order chi connectivity index (χ0) is 14.7. The van der Waals surface area contributed by atoms with E-state index in [0.29, 0.717) is 16.9 Å². The Morgan fingerprint density at radius 2 is 1.90 bits per heavy atom. The molecule has 2 aromatic heterocycles. The highest BCUT2D eigenvalue weighted by Gasteiger charge is 2.09. The molecule has 0 N–H and O–H groups in total. The largest absolute Gasteiger partial charge is 0.255 e. The van der Waals surface area contributed by atoms with E-state index in [1.54, 1.807) is 18.5 Å². The molecule has 0 aliphatic rings. The molecule has 0 saturated carbocycles. The normalized spacial score (nSPS) is 10.8. The zero-order valence-corrected chi connectivity index (χ0v) is 13.0. The average molecular weight is 338 g/mol. The minimum atomic E-state index is 0.136. The Balaban J connectivity index is 1.81. The predicted octanol–water partition coefficient (Wildman–Crippen LogP) is 3.66. The Hall–Kier alpha value is -1.63. The first-order chi connectivity index (χ1) is 10.2. The van der Waals surface area contributed by atoms with Crippen LogP contribution < -0.4 is 0 Å². The van der Waals surface area contributed by atoms with Crippen LogP contribution in [0.15, 0.2) is 47.9 Å². The molecule has 1 aromatic carbocycles. The van der Waals surface area contributed by atoms with Gasteiger partial charge in [-0.2, -0.15) is 20.1 Å². The van der Waals surface area contributed by atoms with E-state index in [-0.39, 0.29) is 5.28 Å². The van der Waals surface area contributed by atoms with Crippen LogP contribution in [0.3, 0.4) is 0 Å². The van der Waals surface area contributed by atoms with Crippen molar-refractivity contribution in [2.45, 2.75) is 10.9 Å². The Morgan fingerprint density at radius 1 is 1.05 bits per heavy atom. The van der Waals surface area contributed by atoms with Crippen LogP contribution in [-0.4, -0.2) is 24.7 Å². The van der Waals surface area contributed by atoms with E-state index in [2.05, 4.69) is 20.1 Å². The molecule has 8 heteroatoms. The SMILES string of the molecule is Clc1nc(SCc2ccccc2Cl)nc(-n2cccn2)n1. The molecule has 21 heavy (non-hydrogen) atoms. The van der Waals surface area contributed by atoms with Gasteiger partial charge in [0.25, 0.3) is 5.95 Å². The molecule has 0 saturated heterocycles. The molecule has 106 valence electrons. The lowest BCUT2D eigenvalue weighted by Gasteiger charge is -2.05. The number of benzene rings is 1. The summed E-state index contributed by atoms with van der Waals surface area (Å²) in [5, 5.41) is 5.46. The highest BCUT2D eigenvalue weighted by atomic mass is 35.5. The molecular formula is C13H9Cl2N5S. The number of hydrogen-bond donors (Lipinski definition) is 0. The van der Waals surface area contributed by atoms with Crippen LogP contribution in [0.5, 0.6) is 0 Å². The second-order valence-corrected chi connectivity index (χ2v) is 5.71. The average Bonchev–Trinajstić information content (AvgIpc) is 3.00. The quantitative estimate of drug-likeness (QED) is 0.680. The molecule has 0 amide bonds. The smallest absolute Gasteiger partial charge is 0.206 e. The number of nitrogens with zero attached hydrogens (tertiary/aromatic N) is 5. The maximum Gasteiger partial charge on any atom is 0.255 e. The van der Waals surface area contributed by atoms with Crippen molar-refractivity contribution >= 4 is 35.0 Å². The van der Waals surface area contributed by atoms with Crippen LogP contribution in [0.4, 0.5) is 0 Å². The fraction of sp³-hybridized carbons (Fsp3) is 0.0769. The van der Waals surface area contributed by atoms with Gasteiger partial charge < -0.3 is 0 Å². The third kappa shape index (κ3) is 3.53. The third-order valence-corrected chi connectivity index (χ3v) is 4.03.